The Labute approximate surface area is 87.4 Å². The second-order valence-electron chi connectivity index (χ2n) is 3.22. The van der Waals surface area contributed by atoms with Crippen LogP contribution in [0.4, 0.5) is 0 Å². The Kier molecular flexibility index (Phi) is 2.31. The fourth-order valence-corrected chi connectivity index (χ4v) is 1.68. The average molecular weight is 197 g/mol. The third-order valence-corrected chi connectivity index (χ3v) is 2.34. The predicted molar refractivity (Wildman–Crippen MR) is 62.1 cm³/mol. The fraction of sp³-hybridized carbons (Fsp3) is 0. The highest BCUT2D eigenvalue weighted by atomic mass is 14.7. The van der Waals surface area contributed by atoms with Crippen molar-refractivity contribution in [1.82, 2.24) is 16.1 Å². The van der Waals surface area contributed by atoms with E-state index in [1.165, 1.54) is 0 Å². The number of fused-ring (bicyclic) bond motifs is 3. The first kappa shape index (κ1) is 9.55. The summed E-state index contributed by atoms with van der Waals surface area (Å²) in [5, 5.41) is 2.28. The van der Waals surface area contributed by atoms with Crippen LogP contribution in [0.1, 0.15) is 0 Å². The van der Waals surface area contributed by atoms with E-state index in [9.17, 15) is 0 Å². The van der Waals surface area contributed by atoms with Gasteiger partial charge in [-0.3, -0.25) is 9.97 Å². The molecular weight excluding hydrogens is 186 g/mol. The van der Waals surface area contributed by atoms with Crippen LogP contribution in [-0.4, -0.2) is 9.97 Å². The van der Waals surface area contributed by atoms with E-state index in [4.69, 9.17) is 0 Å². The molecule has 74 valence electrons. The molecule has 0 saturated heterocycles. The van der Waals surface area contributed by atoms with E-state index in [1.807, 2.05) is 12.1 Å². The maximum atomic E-state index is 4.35. The summed E-state index contributed by atoms with van der Waals surface area (Å²) >= 11 is 0. The largest absolute Gasteiger partial charge is 0.344 e. The maximum absolute atomic E-state index is 4.35. The van der Waals surface area contributed by atoms with Crippen LogP contribution in [0.3, 0.4) is 0 Å². The summed E-state index contributed by atoms with van der Waals surface area (Å²) in [6.45, 7) is 0. The molecule has 0 aliphatic carbocycles. The third kappa shape index (κ3) is 1.43. The minimum absolute atomic E-state index is 0. The molecule has 2 heterocycles. The maximum Gasteiger partial charge on any atom is 0.0964 e. The molecule has 0 aliphatic heterocycles. The Morgan fingerprint density at radius 2 is 1.13 bits per heavy atom. The first-order chi connectivity index (χ1) is 6.95. The van der Waals surface area contributed by atoms with E-state index in [0.29, 0.717) is 0 Å². The zero-order valence-corrected chi connectivity index (χ0v) is 8.22. The van der Waals surface area contributed by atoms with Gasteiger partial charge >= 0.3 is 0 Å². The summed E-state index contributed by atoms with van der Waals surface area (Å²) in [5.74, 6) is 0. The van der Waals surface area contributed by atoms with Crippen LogP contribution in [0.5, 0.6) is 0 Å². The molecule has 1 aromatic carbocycles. The summed E-state index contributed by atoms with van der Waals surface area (Å²) in [5.41, 5.74) is 1.95. The zero-order chi connectivity index (χ0) is 9.38. The third-order valence-electron chi connectivity index (χ3n) is 2.34. The lowest BCUT2D eigenvalue weighted by Gasteiger charge is -2.00. The van der Waals surface area contributed by atoms with Gasteiger partial charge in [-0.25, -0.2) is 0 Å². The lowest BCUT2D eigenvalue weighted by Crippen LogP contribution is -1.83. The van der Waals surface area contributed by atoms with Crippen molar-refractivity contribution >= 4 is 21.8 Å². The summed E-state index contributed by atoms with van der Waals surface area (Å²) in [7, 11) is 0. The molecule has 15 heavy (non-hydrogen) atoms. The zero-order valence-electron chi connectivity index (χ0n) is 8.22. The average Bonchev–Trinajstić information content (AvgIpc) is 2.29. The Bertz CT molecular complexity index is 550. The molecule has 0 fully saturated rings. The first-order valence-corrected chi connectivity index (χ1v) is 4.53. The number of hydrogen-bond acceptors (Lipinski definition) is 3. The van der Waals surface area contributed by atoms with Gasteiger partial charge in [0.05, 0.1) is 11.0 Å². The Hall–Kier alpha value is -2.00. The van der Waals surface area contributed by atoms with Crippen LogP contribution in [-0.2, 0) is 0 Å². The highest BCUT2D eigenvalue weighted by Crippen LogP contribution is 2.20. The van der Waals surface area contributed by atoms with Gasteiger partial charge in [0.25, 0.3) is 0 Å². The molecule has 0 unspecified atom stereocenters. The van der Waals surface area contributed by atoms with Gasteiger partial charge in [-0.15, -0.1) is 0 Å². The van der Waals surface area contributed by atoms with Crippen LogP contribution < -0.4 is 6.15 Å². The van der Waals surface area contributed by atoms with Crippen molar-refractivity contribution in [2.45, 2.75) is 0 Å². The molecule has 3 heteroatoms. The van der Waals surface area contributed by atoms with Crippen LogP contribution >= 0.6 is 0 Å². The Morgan fingerprint density at radius 3 is 1.60 bits per heavy atom. The quantitative estimate of drug-likeness (QED) is 0.563. The minimum Gasteiger partial charge on any atom is -0.344 e. The summed E-state index contributed by atoms with van der Waals surface area (Å²) < 4.78 is 0. The second-order valence-corrected chi connectivity index (χ2v) is 3.22. The molecule has 0 bridgehead atoms. The van der Waals surface area contributed by atoms with E-state index in [1.54, 1.807) is 12.4 Å². The topological polar surface area (TPSA) is 60.8 Å². The Morgan fingerprint density at radius 1 is 0.667 bits per heavy atom. The summed E-state index contributed by atoms with van der Waals surface area (Å²) in [4.78, 5) is 8.69. The molecule has 0 aliphatic rings. The lowest BCUT2D eigenvalue weighted by molar-refractivity contribution is 1.37. The highest BCUT2D eigenvalue weighted by Gasteiger charge is 2.00. The van der Waals surface area contributed by atoms with E-state index < -0.39 is 0 Å². The van der Waals surface area contributed by atoms with Crippen LogP contribution in [0.2, 0.25) is 0 Å². The number of pyridine rings is 2. The normalized spacial score (nSPS) is 10.1. The summed E-state index contributed by atoms with van der Waals surface area (Å²) in [6.07, 6.45) is 3.60. The van der Waals surface area contributed by atoms with Crippen LogP contribution in [0.15, 0.2) is 48.8 Å². The smallest absolute Gasteiger partial charge is 0.0964 e. The van der Waals surface area contributed by atoms with Gasteiger partial charge in [0.15, 0.2) is 0 Å². The Balaban J connectivity index is 0.000000853. The second kappa shape index (κ2) is 3.63. The number of hydrogen-bond donors (Lipinski definition) is 1. The van der Waals surface area contributed by atoms with Crippen molar-refractivity contribution in [1.29, 1.82) is 0 Å². The van der Waals surface area contributed by atoms with Gasteiger partial charge in [0.2, 0.25) is 0 Å². The molecule has 0 atom stereocenters. The minimum atomic E-state index is 0. The number of nitrogens with zero attached hydrogens (tertiary/aromatic N) is 2. The van der Waals surface area contributed by atoms with Gasteiger partial charge < -0.3 is 6.15 Å². The molecule has 0 spiro atoms. The molecule has 0 saturated carbocycles. The number of benzene rings is 1. The molecule has 0 radical (unpaired) electrons. The van der Waals surface area contributed by atoms with Crippen molar-refractivity contribution in [2.24, 2.45) is 0 Å². The van der Waals surface area contributed by atoms with E-state index in [0.717, 1.165) is 21.8 Å². The van der Waals surface area contributed by atoms with Crippen molar-refractivity contribution in [3.05, 3.63) is 48.8 Å². The van der Waals surface area contributed by atoms with Gasteiger partial charge in [-0.2, -0.15) is 0 Å². The molecule has 3 aromatic rings. The van der Waals surface area contributed by atoms with E-state index in [2.05, 4.69) is 34.2 Å². The standard InChI is InChI=1S/C12H8N2.H3N/c1-3-9-5-6-10-4-2-8-14-12(10)11(9)13-7-1;/h1-8H;1H3. The van der Waals surface area contributed by atoms with E-state index in [-0.39, 0.29) is 6.15 Å². The monoisotopic (exact) mass is 197 g/mol. The molecule has 2 aromatic heterocycles. The van der Waals surface area contributed by atoms with E-state index >= 15 is 0 Å². The number of aromatic nitrogens is 2. The molecule has 3 rings (SSSR count). The van der Waals surface area contributed by atoms with Crippen molar-refractivity contribution < 1.29 is 0 Å². The number of rotatable bonds is 0. The van der Waals surface area contributed by atoms with Crippen molar-refractivity contribution in [3.8, 4) is 0 Å². The van der Waals surface area contributed by atoms with Gasteiger partial charge in [-0.1, -0.05) is 24.3 Å². The summed E-state index contributed by atoms with van der Waals surface area (Å²) in [6, 6.07) is 12.1. The fourth-order valence-electron chi connectivity index (χ4n) is 1.68. The highest BCUT2D eigenvalue weighted by molar-refractivity contribution is 6.02. The predicted octanol–water partition coefficient (Wildman–Crippen LogP) is 2.95. The molecular formula is C12H11N3. The molecule has 0 amide bonds. The van der Waals surface area contributed by atoms with Gasteiger partial charge in [-0.05, 0) is 12.1 Å². The van der Waals surface area contributed by atoms with Crippen molar-refractivity contribution in [2.75, 3.05) is 0 Å². The SMILES string of the molecule is N.c1cnc2c(c1)ccc1cccnc12. The van der Waals surface area contributed by atoms with Gasteiger partial charge in [0, 0.05) is 23.2 Å². The lowest BCUT2D eigenvalue weighted by atomic mass is 10.1. The molecule has 3 N–H and O–H groups in total. The molecule has 3 nitrogen and oxygen atoms in total. The van der Waals surface area contributed by atoms with Gasteiger partial charge in [0.1, 0.15) is 0 Å². The van der Waals surface area contributed by atoms with Crippen molar-refractivity contribution in [3.63, 3.8) is 0 Å². The van der Waals surface area contributed by atoms with Crippen LogP contribution in [0.25, 0.3) is 21.8 Å². The van der Waals surface area contributed by atoms with Crippen LogP contribution in [0, 0.1) is 0 Å². The first-order valence-electron chi connectivity index (χ1n) is 4.53.